The molecule has 0 aliphatic heterocycles. The number of benzene rings is 1. The Bertz CT molecular complexity index is 681. The van der Waals surface area contributed by atoms with Gasteiger partial charge < -0.3 is 24.6 Å². The molecule has 1 amide bonds. The number of aryl methyl sites for hydroxylation is 2. The average molecular weight is 424 g/mol. The van der Waals surface area contributed by atoms with Gasteiger partial charge in [-0.05, 0) is 35.4 Å². The van der Waals surface area contributed by atoms with Crippen LogP contribution >= 0.6 is 0 Å². The Labute approximate surface area is 180 Å². The van der Waals surface area contributed by atoms with E-state index in [0.717, 1.165) is 16.7 Å². The van der Waals surface area contributed by atoms with Gasteiger partial charge in [0.2, 0.25) is 5.91 Å². The maximum Gasteiger partial charge on any atom is 0.306 e. The summed E-state index contributed by atoms with van der Waals surface area (Å²) in [5, 5.41) is 13.0. The lowest BCUT2D eigenvalue weighted by atomic mass is 9.83. The normalized spacial score (nSPS) is 11.4. The van der Waals surface area contributed by atoms with Gasteiger partial charge in [-0.1, -0.05) is 39.8 Å². The standard InChI is InChI=1S/C23H37NO6/c1-6-20(25)24-9-10-28-11-12-29-13-14-30-21(26)8-7-18-15-17(2)22(27)19(16-18)23(3,4)5/h15-16,27H,6-14H2,1-5H3,(H,24,25). The molecule has 0 unspecified atom stereocenters. The highest BCUT2D eigenvalue weighted by Crippen LogP contribution is 2.34. The van der Waals surface area contributed by atoms with Gasteiger partial charge in [-0.3, -0.25) is 9.59 Å². The molecule has 0 aromatic heterocycles. The van der Waals surface area contributed by atoms with Crippen molar-refractivity contribution in [3.63, 3.8) is 0 Å². The van der Waals surface area contributed by atoms with E-state index in [2.05, 4.69) is 26.1 Å². The van der Waals surface area contributed by atoms with Gasteiger partial charge in [-0.2, -0.15) is 0 Å². The summed E-state index contributed by atoms with van der Waals surface area (Å²) in [5.41, 5.74) is 2.54. The van der Waals surface area contributed by atoms with Crippen molar-refractivity contribution in [2.24, 2.45) is 0 Å². The van der Waals surface area contributed by atoms with Crippen LogP contribution in [0.3, 0.4) is 0 Å². The fourth-order valence-corrected chi connectivity index (χ4v) is 2.81. The molecule has 170 valence electrons. The summed E-state index contributed by atoms with van der Waals surface area (Å²) < 4.78 is 15.9. The molecule has 30 heavy (non-hydrogen) atoms. The van der Waals surface area contributed by atoms with Crippen LogP contribution in [0.4, 0.5) is 0 Å². The van der Waals surface area contributed by atoms with E-state index >= 15 is 0 Å². The van der Waals surface area contributed by atoms with Gasteiger partial charge in [0, 0.05) is 19.4 Å². The number of phenols is 1. The number of ether oxygens (including phenoxy) is 3. The highest BCUT2D eigenvalue weighted by molar-refractivity contribution is 5.75. The zero-order chi connectivity index (χ0) is 22.6. The Morgan fingerprint density at radius 3 is 2.30 bits per heavy atom. The molecule has 0 radical (unpaired) electrons. The van der Waals surface area contributed by atoms with Crippen LogP contribution in [-0.2, 0) is 35.6 Å². The number of carbonyl (C=O) groups excluding carboxylic acids is 2. The minimum atomic E-state index is -0.274. The molecule has 0 heterocycles. The number of amides is 1. The highest BCUT2D eigenvalue weighted by Gasteiger charge is 2.20. The molecule has 7 nitrogen and oxygen atoms in total. The van der Waals surface area contributed by atoms with Crippen LogP contribution in [0.1, 0.15) is 57.2 Å². The lowest BCUT2D eigenvalue weighted by Crippen LogP contribution is -2.26. The molecular formula is C23H37NO6. The van der Waals surface area contributed by atoms with E-state index in [1.54, 1.807) is 6.92 Å². The summed E-state index contributed by atoms with van der Waals surface area (Å²) in [6.07, 6.45) is 1.31. The predicted molar refractivity (Wildman–Crippen MR) is 116 cm³/mol. The van der Waals surface area contributed by atoms with Crippen molar-refractivity contribution in [3.8, 4) is 5.75 Å². The van der Waals surface area contributed by atoms with Crippen molar-refractivity contribution in [2.75, 3.05) is 39.6 Å². The number of phenolic OH excluding ortho intramolecular Hbond substituents is 1. The van der Waals surface area contributed by atoms with Crippen molar-refractivity contribution in [1.29, 1.82) is 0 Å². The fourth-order valence-electron chi connectivity index (χ4n) is 2.81. The summed E-state index contributed by atoms with van der Waals surface area (Å²) in [4.78, 5) is 23.0. The lowest BCUT2D eigenvalue weighted by Gasteiger charge is -2.22. The smallest absolute Gasteiger partial charge is 0.306 e. The van der Waals surface area contributed by atoms with Crippen LogP contribution in [0.2, 0.25) is 0 Å². The van der Waals surface area contributed by atoms with E-state index in [1.165, 1.54) is 0 Å². The third kappa shape index (κ3) is 10.1. The van der Waals surface area contributed by atoms with E-state index in [1.807, 2.05) is 19.1 Å². The summed E-state index contributed by atoms with van der Waals surface area (Å²) in [6.45, 7) is 12.1. The number of hydrogen-bond donors (Lipinski definition) is 2. The Kier molecular flexibility index (Phi) is 11.4. The molecule has 1 rings (SSSR count). The largest absolute Gasteiger partial charge is 0.507 e. The molecule has 1 aromatic carbocycles. The zero-order valence-corrected chi connectivity index (χ0v) is 19.0. The van der Waals surface area contributed by atoms with Crippen molar-refractivity contribution in [3.05, 3.63) is 28.8 Å². The number of hydrogen-bond acceptors (Lipinski definition) is 6. The molecule has 1 aromatic rings. The maximum atomic E-state index is 12.0. The molecule has 2 N–H and O–H groups in total. The first-order valence-electron chi connectivity index (χ1n) is 10.6. The first-order chi connectivity index (χ1) is 14.1. The second-order valence-electron chi connectivity index (χ2n) is 8.21. The minimum Gasteiger partial charge on any atom is -0.507 e. The number of aromatic hydroxyl groups is 1. The quantitative estimate of drug-likeness (QED) is 0.374. The van der Waals surface area contributed by atoms with Crippen LogP contribution in [-0.4, -0.2) is 56.6 Å². The van der Waals surface area contributed by atoms with Gasteiger partial charge in [0.15, 0.2) is 0 Å². The lowest BCUT2D eigenvalue weighted by molar-refractivity contribution is -0.145. The maximum absolute atomic E-state index is 12.0. The van der Waals surface area contributed by atoms with E-state index in [4.69, 9.17) is 14.2 Å². The van der Waals surface area contributed by atoms with Crippen molar-refractivity contribution >= 4 is 11.9 Å². The Morgan fingerprint density at radius 1 is 1.03 bits per heavy atom. The first-order valence-corrected chi connectivity index (χ1v) is 10.6. The SMILES string of the molecule is CCC(=O)NCCOCCOCCOC(=O)CCc1cc(C)c(O)c(C(C)(C)C)c1. The number of rotatable bonds is 13. The average Bonchev–Trinajstić information content (AvgIpc) is 2.68. The third-order valence-electron chi connectivity index (χ3n) is 4.54. The van der Waals surface area contributed by atoms with E-state index in [-0.39, 0.29) is 30.3 Å². The third-order valence-corrected chi connectivity index (χ3v) is 4.54. The molecule has 0 saturated heterocycles. The van der Waals surface area contributed by atoms with Gasteiger partial charge in [0.1, 0.15) is 12.4 Å². The Morgan fingerprint density at radius 2 is 1.67 bits per heavy atom. The van der Waals surface area contributed by atoms with Crippen LogP contribution < -0.4 is 5.32 Å². The summed E-state index contributed by atoms with van der Waals surface area (Å²) >= 11 is 0. The van der Waals surface area contributed by atoms with Crippen LogP contribution in [0, 0.1) is 6.92 Å². The predicted octanol–water partition coefficient (Wildman–Crippen LogP) is 3.03. The topological polar surface area (TPSA) is 94.1 Å². The van der Waals surface area contributed by atoms with Gasteiger partial charge in [0.25, 0.3) is 0 Å². The first kappa shape index (κ1) is 25.9. The van der Waals surface area contributed by atoms with Crippen LogP contribution in [0.5, 0.6) is 5.75 Å². The van der Waals surface area contributed by atoms with Crippen LogP contribution in [0.25, 0.3) is 0 Å². The molecule has 0 bridgehead atoms. The molecule has 0 saturated carbocycles. The van der Waals surface area contributed by atoms with Gasteiger partial charge in [0.05, 0.1) is 26.4 Å². The molecular weight excluding hydrogens is 386 g/mol. The van der Waals surface area contributed by atoms with Gasteiger partial charge >= 0.3 is 5.97 Å². The van der Waals surface area contributed by atoms with Crippen molar-refractivity contribution in [1.82, 2.24) is 5.32 Å². The summed E-state index contributed by atoms with van der Waals surface area (Å²) in [7, 11) is 0. The van der Waals surface area contributed by atoms with Gasteiger partial charge in [-0.25, -0.2) is 0 Å². The van der Waals surface area contributed by atoms with E-state index < -0.39 is 0 Å². The number of carbonyl (C=O) groups is 2. The monoisotopic (exact) mass is 423 g/mol. The second-order valence-corrected chi connectivity index (χ2v) is 8.21. The molecule has 0 fully saturated rings. The molecule has 7 heteroatoms. The highest BCUT2D eigenvalue weighted by atomic mass is 16.6. The van der Waals surface area contributed by atoms with E-state index in [0.29, 0.717) is 51.6 Å². The minimum absolute atomic E-state index is 0.00635. The molecule has 0 aliphatic carbocycles. The van der Waals surface area contributed by atoms with Crippen molar-refractivity contribution < 1.29 is 28.9 Å². The number of nitrogens with one attached hydrogen (secondary N) is 1. The number of esters is 1. The Balaban J connectivity index is 2.17. The summed E-state index contributed by atoms with van der Waals surface area (Å²) in [5.74, 6) is 0.0528. The fraction of sp³-hybridized carbons (Fsp3) is 0.652. The van der Waals surface area contributed by atoms with Crippen molar-refractivity contribution in [2.45, 2.75) is 59.3 Å². The molecule has 0 atom stereocenters. The Hall–Kier alpha value is -2.12. The zero-order valence-electron chi connectivity index (χ0n) is 19.0. The van der Waals surface area contributed by atoms with Gasteiger partial charge in [-0.15, -0.1) is 0 Å². The second kappa shape index (κ2) is 13.2. The molecule has 0 aliphatic rings. The molecule has 0 spiro atoms. The summed E-state index contributed by atoms with van der Waals surface area (Å²) in [6, 6.07) is 3.88. The van der Waals surface area contributed by atoms with Crippen LogP contribution in [0.15, 0.2) is 12.1 Å². The van der Waals surface area contributed by atoms with E-state index in [9.17, 15) is 14.7 Å².